The van der Waals surface area contributed by atoms with Gasteiger partial charge in [0.15, 0.2) is 0 Å². The first-order chi connectivity index (χ1) is 8.44. The minimum atomic E-state index is -3.43. The third kappa shape index (κ3) is 4.99. The molecule has 18 heavy (non-hydrogen) atoms. The predicted molar refractivity (Wildman–Crippen MR) is 75.3 cm³/mol. The lowest BCUT2D eigenvalue weighted by molar-refractivity contribution is 0.409. The van der Waals surface area contributed by atoms with Crippen molar-refractivity contribution in [3.8, 4) is 5.75 Å². The Morgan fingerprint density at radius 2 is 2.11 bits per heavy atom. The molecule has 1 aromatic rings. The number of rotatable bonds is 7. The number of para-hydroxylation sites is 1. The van der Waals surface area contributed by atoms with Crippen LogP contribution < -0.4 is 15.2 Å². The normalized spacial score (nSPS) is 11.2. The van der Waals surface area contributed by atoms with E-state index in [1.165, 1.54) is 0 Å². The molecule has 0 saturated carbocycles. The van der Waals surface area contributed by atoms with E-state index >= 15 is 0 Å². The summed E-state index contributed by atoms with van der Waals surface area (Å²) in [5, 5.41) is 0. The molecule has 0 aliphatic heterocycles. The number of ether oxygens (including phenoxy) is 1. The van der Waals surface area contributed by atoms with Crippen molar-refractivity contribution >= 4 is 27.2 Å². The topological polar surface area (TPSA) is 81.4 Å². The van der Waals surface area contributed by atoms with Crippen LogP contribution >= 0.6 is 12.2 Å². The van der Waals surface area contributed by atoms with Gasteiger partial charge in [-0.3, -0.25) is 0 Å². The Morgan fingerprint density at radius 3 is 2.72 bits per heavy atom. The molecule has 0 aliphatic rings. The Balaban J connectivity index is 2.54. The smallest absolute Gasteiger partial charge is 0.218 e. The van der Waals surface area contributed by atoms with Gasteiger partial charge in [-0.25, -0.2) is 13.1 Å². The molecular weight excluding hydrogens is 272 g/mol. The molecule has 7 heteroatoms. The summed E-state index contributed by atoms with van der Waals surface area (Å²) in [5.41, 5.74) is 6.14. The molecule has 5 nitrogen and oxygen atoms in total. The number of nitrogens with one attached hydrogen (secondary N) is 1. The van der Waals surface area contributed by atoms with E-state index < -0.39 is 10.0 Å². The minimum Gasteiger partial charge on any atom is -0.496 e. The van der Waals surface area contributed by atoms with Crippen LogP contribution in [-0.2, 0) is 16.4 Å². The summed E-state index contributed by atoms with van der Waals surface area (Å²) in [7, 11) is -1.85. The molecule has 0 fully saturated rings. The van der Waals surface area contributed by atoms with E-state index in [1.54, 1.807) is 7.11 Å². The molecule has 100 valence electrons. The van der Waals surface area contributed by atoms with E-state index in [0.29, 0.717) is 6.42 Å². The number of thiocarbonyl (C=S) groups is 1. The molecule has 0 saturated heterocycles. The van der Waals surface area contributed by atoms with Crippen LogP contribution in [0.2, 0.25) is 0 Å². The first kappa shape index (κ1) is 14.9. The largest absolute Gasteiger partial charge is 0.496 e. The van der Waals surface area contributed by atoms with Gasteiger partial charge in [0, 0.05) is 6.54 Å². The van der Waals surface area contributed by atoms with Crippen molar-refractivity contribution in [3.05, 3.63) is 29.8 Å². The zero-order chi connectivity index (χ0) is 13.6. The molecule has 0 unspecified atom stereocenters. The van der Waals surface area contributed by atoms with Crippen LogP contribution in [0, 0.1) is 0 Å². The highest BCUT2D eigenvalue weighted by atomic mass is 32.2. The van der Waals surface area contributed by atoms with Gasteiger partial charge in [-0.15, -0.1) is 0 Å². The Morgan fingerprint density at radius 1 is 1.44 bits per heavy atom. The van der Waals surface area contributed by atoms with Crippen LogP contribution in [0.15, 0.2) is 24.3 Å². The minimum absolute atomic E-state index is 0.0419. The number of hydrogen-bond acceptors (Lipinski definition) is 4. The van der Waals surface area contributed by atoms with Crippen molar-refractivity contribution in [2.45, 2.75) is 6.42 Å². The highest BCUT2D eigenvalue weighted by molar-refractivity contribution is 7.92. The second kappa shape index (κ2) is 6.67. The van der Waals surface area contributed by atoms with Gasteiger partial charge < -0.3 is 10.5 Å². The first-order valence-electron chi connectivity index (χ1n) is 5.32. The maximum absolute atomic E-state index is 11.5. The molecule has 3 N–H and O–H groups in total. The van der Waals surface area contributed by atoms with Gasteiger partial charge >= 0.3 is 0 Å². The van der Waals surface area contributed by atoms with Crippen molar-refractivity contribution in [2.24, 2.45) is 5.73 Å². The summed E-state index contributed by atoms with van der Waals surface area (Å²) in [6.45, 7) is 0.283. The third-order valence-corrected chi connectivity index (χ3v) is 3.90. The van der Waals surface area contributed by atoms with E-state index in [-0.39, 0.29) is 17.3 Å². The summed E-state index contributed by atoms with van der Waals surface area (Å²) in [6.07, 6.45) is 0.542. The number of hydrogen-bond donors (Lipinski definition) is 2. The summed E-state index contributed by atoms with van der Waals surface area (Å²) in [5.74, 6) is 0.417. The molecule has 1 aromatic carbocycles. The molecule has 0 radical (unpaired) electrons. The van der Waals surface area contributed by atoms with Crippen LogP contribution in [0.25, 0.3) is 0 Å². The molecule has 0 spiro atoms. The van der Waals surface area contributed by atoms with E-state index in [2.05, 4.69) is 16.9 Å². The number of benzene rings is 1. The molecule has 0 amide bonds. The molecule has 0 bridgehead atoms. The van der Waals surface area contributed by atoms with Crippen LogP contribution in [0.5, 0.6) is 5.75 Å². The summed E-state index contributed by atoms with van der Waals surface area (Å²) in [6, 6.07) is 7.46. The van der Waals surface area contributed by atoms with Gasteiger partial charge in [0.05, 0.1) is 12.1 Å². The van der Waals surface area contributed by atoms with E-state index in [4.69, 9.17) is 10.5 Å². The lowest BCUT2D eigenvalue weighted by Crippen LogP contribution is -2.33. The fourth-order valence-electron chi connectivity index (χ4n) is 1.49. The standard InChI is InChI=1S/C11H16N2O3S2/c1-16-10-5-3-2-4-9(10)6-7-13-18(14,15)8-11(12)17/h2-5,13H,6-8H2,1H3,(H2,12,17). The average molecular weight is 288 g/mol. The quantitative estimate of drug-likeness (QED) is 0.712. The Labute approximate surface area is 112 Å². The van der Waals surface area contributed by atoms with Gasteiger partial charge in [-0.05, 0) is 18.1 Å². The molecule has 0 aromatic heterocycles. The fraction of sp³-hybridized carbons (Fsp3) is 0.364. The van der Waals surface area contributed by atoms with Crippen LogP contribution in [0.4, 0.5) is 0 Å². The Hall–Kier alpha value is -1.18. The number of sulfonamides is 1. The van der Waals surface area contributed by atoms with Crippen molar-refractivity contribution in [1.82, 2.24) is 4.72 Å². The zero-order valence-corrected chi connectivity index (χ0v) is 11.7. The van der Waals surface area contributed by atoms with Crippen molar-refractivity contribution in [3.63, 3.8) is 0 Å². The van der Waals surface area contributed by atoms with E-state index in [0.717, 1.165) is 11.3 Å². The monoisotopic (exact) mass is 288 g/mol. The maximum Gasteiger partial charge on any atom is 0.218 e. The zero-order valence-electron chi connectivity index (χ0n) is 10.0. The Bertz CT molecular complexity index is 515. The fourth-order valence-corrected chi connectivity index (χ4v) is 2.84. The van der Waals surface area contributed by atoms with Gasteiger partial charge in [0.2, 0.25) is 10.0 Å². The maximum atomic E-state index is 11.5. The van der Waals surface area contributed by atoms with Crippen molar-refractivity contribution < 1.29 is 13.2 Å². The van der Waals surface area contributed by atoms with Crippen LogP contribution in [0.1, 0.15) is 5.56 Å². The van der Waals surface area contributed by atoms with Gasteiger partial charge in [-0.1, -0.05) is 30.4 Å². The summed E-state index contributed by atoms with van der Waals surface area (Å²) >= 11 is 4.57. The van der Waals surface area contributed by atoms with Crippen LogP contribution in [0.3, 0.4) is 0 Å². The van der Waals surface area contributed by atoms with Gasteiger partial charge in [0.25, 0.3) is 0 Å². The molecule has 0 heterocycles. The van der Waals surface area contributed by atoms with E-state index in [1.807, 2.05) is 24.3 Å². The highest BCUT2D eigenvalue weighted by Crippen LogP contribution is 2.17. The lowest BCUT2D eigenvalue weighted by atomic mass is 10.1. The van der Waals surface area contributed by atoms with Gasteiger partial charge in [0.1, 0.15) is 11.5 Å². The van der Waals surface area contributed by atoms with Crippen molar-refractivity contribution in [1.29, 1.82) is 0 Å². The SMILES string of the molecule is COc1ccccc1CCNS(=O)(=O)CC(N)=S. The average Bonchev–Trinajstić information content (AvgIpc) is 2.27. The summed E-state index contributed by atoms with van der Waals surface area (Å²) < 4.78 is 30.6. The Kier molecular flexibility index (Phi) is 5.52. The lowest BCUT2D eigenvalue weighted by Gasteiger charge is -2.09. The van der Waals surface area contributed by atoms with E-state index in [9.17, 15) is 8.42 Å². The van der Waals surface area contributed by atoms with Gasteiger partial charge in [-0.2, -0.15) is 0 Å². The third-order valence-electron chi connectivity index (χ3n) is 2.24. The predicted octanol–water partition coefficient (Wildman–Crippen LogP) is 0.443. The summed E-state index contributed by atoms with van der Waals surface area (Å²) in [4.78, 5) is -0.0419. The molecule has 0 atom stereocenters. The van der Waals surface area contributed by atoms with Crippen molar-refractivity contribution in [2.75, 3.05) is 19.4 Å². The highest BCUT2D eigenvalue weighted by Gasteiger charge is 2.11. The van der Waals surface area contributed by atoms with Crippen LogP contribution in [-0.4, -0.2) is 32.8 Å². The molecule has 1 rings (SSSR count). The number of methoxy groups -OCH3 is 1. The second-order valence-corrected chi connectivity index (χ2v) is 6.01. The first-order valence-corrected chi connectivity index (χ1v) is 7.38. The molecule has 0 aliphatic carbocycles. The number of nitrogens with two attached hydrogens (primary N) is 1. The second-order valence-electron chi connectivity index (χ2n) is 3.68. The molecular formula is C11H16N2O3S2.